The van der Waals surface area contributed by atoms with Gasteiger partial charge in [0.05, 0.1) is 12.2 Å². The molecule has 0 aliphatic carbocycles. The average molecular weight is 202 g/mol. The zero-order valence-corrected chi connectivity index (χ0v) is 9.62. The summed E-state index contributed by atoms with van der Waals surface area (Å²) in [6.45, 7) is 8.28. The van der Waals surface area contributed by atoms with E-state index in [4.69, 9.17) is 9.84 Å². The van der Waals surface area contributed by atoms with Gasteiger partial charge in [0.25, 0.3) is 0 Å². The van der Waals surface area contributed by atoms with Crippen LogP contribution in [0.15, 0.2) is 0 Å². The summed E-state index contributed by atoms with van der Waals surface area (Å²) in [6, 6.07) is 0. The Labute approximate surface area is 86.5 Å². The molecule has 14 heavy (non-hydrogen) atoms. The van der Waals surface area contributed by atoms with Crippen LogP contribution in [0.2, 0.25) is 0 Å². The Hall–Kier alpha value is -0.570. The lowest BCUT2D eigenvalue weighted by atomic mass is 10.1. The molecule has 0 heterocycles. The van der Waals surface area contributed by atoms with Crippen LogP contribution in [0.25, 0.3) is 0 Å². The van der Waals surface area contributed by atoms with Crippen molar-refractivity contribution < 1.29 is 14.6 Å². The highest BCUT2D eigenvalue weighted by Crippen LogP contribution is 2.12. The van der Waals surface area contributed by atoms with Gasteiger partial charge >= 0.3 is 5.97 Å². The fourth-order valence-electron chi connectivity index (χ4n) is 1.51. The topological polar surface area (TPSA) is 46.5 Å². The van der Waals surface area contributed by atoms with Crippen molar-refractivity contribution in [1.29, 1.82) is 0 Å². The van der Waals surface area contributed by atoms with Crippen molar-refractivity contribution in [2.45, 2.75) is 59.2 Å². The summed E-state index contributed by atoms with van der Waals surface area (Å²) in [5.41, 5.74) is 0. The number of aliphatic carboxylic acids is 1. The first kappa shape index (κ1) is 13.4. The molecule has 0 saturated carbocycles. The summed E-state index contributed by atoms with van der Waals surface area (Å²) in [6.07, 6.45) is 2.07. The SMILES string of the molecule is CC(C)CC(C)OC(C)CCC(=O)O. The second-order valence-electron chi connectivity index (χ2n) is 4.32. The molecule has 1 N–H and O–H groups in total. The van der Waals surface area contributed by atoms with Gasteiger partial charge in [0, 0.05) is 6.42 Å². The molecule has 0 amide bonds. The van der Waals surface area contributed by atoms with E-state index < -0.39 is 5.97 Å². The molecule has 0 spiro atoms. The number of carbonyl (C=O) groups is 1. The second kappa shape index (κ2) is 6.82. The molecule has 0 fully saturated rings. The molecule has 0 bridgehead atoms. The number of rotatable bonds is 7. The Kier molecular flexibility index (Phi) is 6.54. The van der Waals surface area contributed by atoms with Crippen LogP contribution in [-0.4, -0.2) is 23.3 Å². The van der Waals surface area contributed by atoms with Gasteiger partial charge in [0.2, 0.25) is 0 Å². The Morgan fingerprint density at radius 1 is 1.21 bits per heavy atom. The lowest BCUT2D eigenvalue weighted by Gasteiger charge is -2.20. The van der Waals surface area contributed by atoms with Gasteiger partial charge in [-0.3, -0.25) is 4.79 Å². The van der Waals surface area contributed by atoms with Crippen molar-refractivity contribution in [3.8, 4) is 0 Å². The van der Waals surface area contributed by atoms with Gasteiger partial charge in [0.15, 0.2) is 0 Å². The quantitative estimate of drug-likeness (QED) is 0.690. The van der Waals surface area contributed by atoms with E-state index in [2.05, 4.69) is 13.8 Å². The van der Waals surface area contributed by atoms with E-state index in [0.717, 1.165) is 6.42 Å². The van der Waals surface area contributed by atoms with Crippen molar-refractivity contribution in [2.75, 3.05) is 0 Å². The van der Waals surface area contributed by atoms with Crippen LogP contribution in [-0.2, 0) is 9.53 Å². The predicted octanol–water partition coefficient (Wildman–Crippen LogP) is 2.69. The highest BCUT2D eigenvalue weighted by molar-refractivity contribution is 5.66. The van der Waals surface area contributed by atoms with Gasteiger partial charge in [-0.25, -0.2) is 0 Å². The molecule has 0 aliphatic rings. The fraction of sp³-hybridized carbons (Fsp3) is 0.909. The predicted molar refractivity (Wildman–Crippen MR) is 56.3 cm³/mol. The van der Waals surface area contributed by atoms with Gasteiger partial charge in [-0.05, 0) is 32.6 Å². The number of carboxylic acid groups (broad SMARTS) is 1. The van der Waals surface area contributed by atoms with Gasteiger partial charge in [-0.2, -0.15) is 0 Å². The van der Waals surface area contributed by atoms with E-state index in [1.54, 1.807) is 0 Å². The van der Waals surface area contributed by atoms with Crippen LogP contribution in [0.1, 0.15) is 47.0 Å². The number of hydrogen-bond acceptors (Lipinski definition) is 2. The molecule has 84 valence electrons. The van der Waals surface area contributed by atoms with Crippen LogP contribution in [0.4, 0.5) is 0 Å². The molecule has 2 unspecified atom stereocenters. The minimum absolute atomic E-state index is 0.0415. The van der Waals surface area contributed by atoms with Crippen molar-refractivity contribution in [2.24, 2.45) is 5.92 Å². The van der Waals surface area contributed by atoms with Crippen LogP contribution in [0, 0.1) is 5.92 Å². The first-order valence-electron chi connectivity index (χ1n) is 5.29. The van der Waals surface area contributed by atoms with E-state index in [0.29, 0.717) is 12.3 Å². The van der Waals surface area contributed by atoms with Crippen molar-refractivity contribution in [3.63, 3.8) is 0 Å². The zero-order chi connectivity index (χ0) is 11.1. The molecule has 0 saturated heterocycles. The lowest BCUT2D eigenvalue weighted by molar-refractivity contribution is -0.138. The second-order valence-corrected chi connectivity index (χ2v) is 4.32. The summed E-state index contributed by atoms with van der Waals surface area (Å²) in [5, 5.41) is 8.49. The van der Waals surface area contributed by atoms with Gasteiger partial charge in [-0.15, -0.1) is 0 Å². The highest BCUT2D eigenvalue weighted by Gasteiger charge is 2.11. The normalized spacial score (nSPS) is 15.5. The molecular weight excluding hydrogens is 180 g/mol. The Morgan fingerprint density at radius 2 is 1.79 bits per heavy atom. The number of hydrogen-bond donors (Lipinski definition) is 1. The summed E-state index contributed by atoms with van der Waals surface area (Å²) in [5.74, 6) is -0.131. The molecule has 0 aromatic carbocycles. The molecular formula is C11H22O3. The standard InChI is InChI=1S/C11H22O3/c1-8(2)7-10(4)14-9(3)5-6-11(12)13/h8-10H,5-7H2,1-4H3,(H,12,13). The number of ether oxygens (including phenoxy) is 1. The summed E-state index contributed by atoms with van der Waals surface area (Å²) in [4.78, 5) is 10.3. The Bertz CT molecular complexity index is 166. The smallest absolute Gasteiger partial charge is 0.303 e. The average Bonchev–Trinajstić information content (AvgIpc) is 1.98. The maximum Gasteiger partial charge on any atom is 0.303 e. The summed E-state index contributed by atoms with van der Waals surface area (Å²) in [7, 11) is 0. The lowest BCUT2D eigenvalue weighted by Crippen LogP contribution is -2.19. The van der Waals surface area contributed by atoms with E-state index in [9.17, 15) is 4.79 Å². The fourth-order valence-corrected chi connectivity index (χ4v) is 1.51. The maximum atomic E-state index is 10.3. The van der Waals surface area contributed by atoms with Crippen LogP contribution < -0.4 is 0 Å². The van der Waals surface area contributed by atoms with Crippen LogP contribution in [0.3, 0.4) is 0 Å². The molecule has 3 heteroatoms. The summed E-state index contributed by atoms with van der Waals surface area (Å²) < 4.78 is 5.65. The van der Waals surface area contributed by atoms with E-state index >= 15 is 0 Å². The first-order chi connectivity index (χ1) is 6.41. The molecule has 0 aliphatic heterocycles. The molecule has 0 aromatic rings. The zero-order valence-electron chi connectivity index (χ0n) is 9.62. The van der Waals surface area contributed by atoms with Crippen molar-refractivity contribution >= 4 is 5.97 Å². The van der Waals surface area contributed by atoms with Gasteiger partial charge < -0.3 is 9.84 Å². The van der Waals surface area contributed by atoms with Crippen LogP contribution in [0.5, 0.6) is 0 Å². The third-order valence-electron chi connectivity index (χ3n) is 2.03. The van der Waals surface area contributed by atoms with Gasteiger partial charge in [0.1, 0.15) is 0 Å². The van der Waals surface area contributed by atoms with Gasteiger partial charge in [-0.1, -0.05) is 13.8 Å². The molecule has 3 nitrogen and oxygen atoms in total. The first-order valence-corrected chi connectivity index (χ1v) is 5.29. The largest absolute Gasteiger partial charge is 0.481 e. The van der Waals surface area contributed by atoms with Crippen molar-refractivity contribution in [1.82, 2.24) is 0 Å². The van der Waals surface area contributed by atoms with E-state index in [1.165, 1.54) is 0 Å². The van der Waals surface area contributed by atoms with E-state index in [-0.39, 0.29) is 18.6 Å². The number of carboxylic acids is 1. The Morgan fingerprint density at radius 3 is 2.21 bits per heavy atom. The van der Waals surface area contributed by atoms with E-state index in [1.807, 2.05) is 13.8 Å². The summed E-state index contributed by atoms with van der Waals surface area (Å²) >= 11 is 0. The third-order valence-corrected chi connectivity index (χ3v) is 2.03. The molecule has 2 atom stereocenters. The molecule has 0 aromatic heterocycles. The molecule has 0 radical (unpaired) electrons. The third kappa shape index (κ3) is 8.05. The minimum atomic E-state index is -0.753. The maximum absolute atomic E-state index is 10.3. The van der Waals surface area contributed by atoms with Crippen molar-refractivity contribution in [3.05, 3.63) is 0 Å². The minimum Gasteiger partial charge on any atom is -0.481 e. The Balaban J connectivity index is 3.59. The molecule has 0 rings (SSSR count). The monoisotopic (exact) mass is 202 g/mol. The van der Waals surface area contributed by atoms with Crippen LogP contribution >= 0.6 is 0 Å². The highest BCUT2D eigenvalue weighted by atomic mass is 16.5.